The van der Waals surface area contributed by atoms with E-state index in [9.17, 15) is 13.2 Å². The van der Waals surface area contributed by atoms with Gasteiger partial charge in [-0.15, -0.1) is 12.4 Å². The highest BCUT2D eigenvalue weighted by Crippen LogP contribution is 2.35. The Morgan fingerprint density at radius 2 is 1.97 bits per heavy atom. The summed E-state index contributed by atoms with van der Waals surface area (Å²) in [5.41, 5.74) is 3.54. The van der Waals surface area contributed by atoms with Gasteiger partial charge in [-0.25, -0.2) is 4.98 Å². The Balaban J connectivity index is 0.00000306. The fraction of sp³-hybridized carbons (Fsp3) is 0.375. The number of rotatable bonds is 3. The Morgan fingerprint density at radius 3 is 2.64 bits per heavy atom. The summed E-state index contributed by atoms with van der Waals surface area (Å²) in [7, 11) is 1.92. The van der Waals surface area contributed by atoms with Gasteiger partial charge in [0, 0.05) is 19.0 Å². The number of hydrogen-bond donors (Lipinski definition) is 1. The van der Waals surface area contributed by atoms with Gasteiger partial charge in [0.1, 0.15) is 5.82 Å². The summed E-state index contributed by atoms with van der Waals surface area (Å²) in [6.07, 6.45) is 0.438. The van der Waals surface area contributed by atoms with Crippen molar-refractivity contribution in [2.75, 3.05) is 13.1 Å². The van der Waals surface area contributed by atoms with Crippen molar-refractivity contribution in [2.24, 2.45) is 12.0 Å². The summed E-state index contributed by atoms with van der Waals surface area (Å²) in [5, 5.41) is 4.13. The molecule has 3 aromatic rings. The molecule has 0 aliphatic carbocycles. The van der Waals surface area contributed by atoms with Crippen LogP contribution in [-0.4, -0.2) is 27.6 Å². The smallest absolute Gasteiger partial charge is 0.331 e. The first-order valence-electron chi connectivity index (χ1n) is 10.6. The normalized spacial score (nSPS) is 15.8. The van der Waals surface area contributed by atoms with Crippen LogP contribution in [0, 0.1) is 13.8 Å². The topological polar surface area (TPSA) is 55.1 Å². The minimum absolute atomic E-state index is 0. The molecule has 0 fully saturated rings. The molecule has 0 spiro atoms. The van der Waals surface area contributed by atoms with E-state index in [0.29, 0.717) is 11.1 Å². The van der Waals surface area contributed by atoms with E-state index in [0.717, 1.165) is 48.0 Å². The molecule has 176 valence electrons. The molecule has 33 heavy (non-hydrogen) atoms. The number of nitrogens with one attached hydrogen (secondary N) is 1. The van der Waals surface area contributed by atoms with Gasteiger partial charge in [0.05, 0.1) is 29.0 Å². The lowest BCUT2D eigenvalue weighted by Gasteiger charge is -2.17. The van der Waals surface area contributed by atoms with E-state index < -0.39 is 17.8 Å². The van der Waals surface area contributed by atoms with Gasteiger partial charge < -0.3 is 9.88 Å². The zero-order chi connectivity index (χ0) is 23.0. The maximum Gasteiger partial charge on any atom is 0.416 e. The number of pyridine rings is 1. The van der Waals surface area contributed by atoms with Crippen LogP contribution in [0.5, 0.6) is 0 Å². The van der Waals surface area contributed by atoms with Crippen LogP contribution in [0.25, 0.3) is 16.5 Å². The Morgan fingerprint density at radius 1 is 1.21 bits per heavy atom. The molecule has 0 bridgehead atoms. The molecule has 5 nitrogen and oxygen atoms in total. The summed E-state index contributed by atoms with van der Waals surface area (Å²) in [5.74, 6) is 0.750. The van der Waals surface area contributed by atoms with E-state index in [1.165, 1.54) is 18.6 Å². The highest BCUT2D eigenvalue weighted by atomic mass is 35.5. The molecule has 3 heterocycles. The van der Waals surface area contributed by atoms with Crippen molar-refractivity contribution in [1.29, 1.82) is 0 Å². The average molecular weight is 478 g/mol. The Hall–Kier alpha value is -2.71. The molecular formula is C24H27ClF3N5. The van der Waals surface area contributed by atoms with Crippen molar-refractivity contribution in [3.8, 4) is 0 Å². The lowest BCUT2D eigenvalue weighted by Crippen LogP contribution is -2.21. The van der Waals surface area contributed by atoms with Gasteiger partial charge in [-0.2, -0.15) is 13.2 Å². The minimum Gasteiger partial charge on any atom is -0.331 e. The summed E-state index contributed by atoms with van der Waals surface area (Å²) in [4.78, 5) is 14.1. The van der Waals surface area contributed by atoms with Crippen LogP contribution in [0.1, 0.15) is 47.6 Å². The maximum absolute atomic E-state index is 13.4. The van der Waals surface area contributed by atoms with Crippen molar-refractivity contribution < 1.29 is 13.2 Å². The largest absolute Gasteiger partial charge is 0.416 e. The average Bonchev–Trinajstić information content (AvgIpc) is 2.77. The molecule has 4 rings (SSSR count). The van der Waals surface area contributed by atoms with E-state index >= 15 is 0 Å². The first kappa shape index (κ1) is 24.9. The highest BCUT2D eigenvalue weighted by molar-refractivity contribution is 5.85. The van der Waals surface area contributed by atoms with E-state index in [-0.39, 0.29) is 18.0 Å². The lowest BCUT2D eigenvalue weighted by atomic mass is 9.97. The van der Waals surface area contributed by atoms with Gasteiger partial charge >= 0.3 is 6.18 Å². The van der Waals surface area contributed by atoms with Gasteiger partial charge in [0.25, 0.3) is 0 Å². The Bertz CT molecular complexity index is 1280. The van der Waals surface area contributed by atoms with Crippen molar-refractivity contribution >= 4 is 28.9 Å². The summed E-state index contributed by atoms with van der Waals surface area (Å²) in [6.45, 7) is 6.88. The SMILES string of the molecule is Cc1c([C@@H](C)N=c2nc(C)n(C)c3cnc(C4=CCNCC4)cc23)cccc1C(F)(F)F.Cl. The minimum atomic E-state index is -4.40. The van der Waals surface area contributed by atoms with E-state index in [1.807, 2.05) is 30.8 Å². The van der Waals surface area contributed by atoms with Gasteiger partial charge in [0.15, 0.2) is 5.49 Å². The van der Waals surface area contributed by atoms with Crippen LogP contribution in [0.4, 0.5) is 13.2 Å². The number of benzene rings is 1. The first-order valence-corrected chi connectivity index (χ1v) is 10.6. The molecule has 0 radical (unpaired) electrons. The molecule has 1 N–H and O–H groups in total. The molecule has 2 aromatic heterocycles. The first-order chi connectivity index (χ1) is 15.2. The van der Waals surface area contributed by atoms with E-state index in [1.54, 1.807) is 13.0 Å². The van der Waals surface area contributed by atoms with Crippen LogP contribution in [-0.2, 0) is 13.2 Å². The summed E-state index contributed by atoms with van der Waals surface area (Å²) in [6, 6.07) is 5.74. The number of aryl methyl sites for hydroxylation is 2. The Labute approximate surface area is 196 Å². The molecule has 0 saturated heterocycles. The van der Waals surface area contributed by atoms with Crippen LogP contribution >= 0.6 is 12.4 Å². The molecule has 1 aliphatic rings. The third kappa shape index (κ3) is 4.96. The van der Waals surface area contributed by atoms with Crippen molar-refractivity contribution in [2.45, 2.75) is 39.4 Å². The number of hydrogen-bond acceptors (Lipinski definition) is 4. The number of fused-ring (bicyclic) bond motifs is 1. The predicted molar refractivity (Wildman–Crippen MR) is 126 cm³/mol. The molecule has 0 amide bonds. The fourth-order valence-electron chi connectivity index (χ4n) is 4.15. The van der Waals surface area contributed by atoms with Crippen LogP contribution in [0.3, 0.4) is 0 Å². The third-order valence-corrected chi connectivity index (χ3v) is 6.08. The molecule has 1 atom stereocenters. The summed E-state index contributed by atoms with van der Waals surface area (Å²) >= 11 is 0. The third-order valence-electron chi connectivity index (χ3n) is 6.08. The molecule has 0 unspecified atom stereocenters. The predicted octanol–water partition coefficient (Wildman–Crippen LogP) is 5.06. The molecule has 9 heteroatoms. The van der Waals surface area contributed by atoms with Crippen LogP contribution in [0.15, 0.2) is 41.5 Å². The highest BCUT2D eigenvalue weighted by Gasteiger charge is 2.33. The standard InChI is InChI=1S/C24H26F3N5.ClH/c1-14-18(6-5-7-20(14)24(25,26)27)15(2)30-23-19-12-21(17-8-10-28-11-9-17)29-13-22(19)32(4)16(3)31-23;/h5-8,12-13,15,28H,9-11H2,1-4H3;1H/t15-;/m1./s1. The van der Waals surface area contributed by atoms with Gasteiger partial charge in [-0.3, -0.25) is 9.98 Å². The van der Waals surface area contributed by atoms with E-state index in [2.05, 4.69) is 21.4 Å². The van der Waals surface area contributed by atoms with Crippen molar-refractivity contribution in [3.05, 3.63) is 70.2 Å². The maximum atomic E-state index is 13.4. The number of alkyl halides is 3. The van der Waals surface area contributed by atoms with Crippen LogP contribution in [0.2, 0.25) is 0 Å². The molecule has 0 saturated carbocycles. The fourth-order valence-corrected chi connectivity index (χ4v) is 4.15. The van der Waals surface area contributed by atoms with Gasteiger partial charge in [-0.1, -0.05) is 18.2 Å². The lowest BCUT2D eigenvalue weighted by molar-refractivity contribution is -0.138. The van der Waals surface area contributed by atoms with Gasteiger partial charge in [0.2, 0.25) is 0 Å². The Kier molecular flexibility index (Phi) is 7.29. The monoisotopic (exact) mass is 477 g/mol. The van der Waals surface area contributed by atoms with Crippen molar-refractivity contribution in [1.82, 2.24) is 19.9 Å². The second-order valence-corrected chi connectivity index (χ2v) is 8.13. The summed E-state index contributed by atoms with van der Waals surface area (Å²) < 4.78 is 42.1. The molecule has 1 aromatic carbocycles. The second kappa shape index (κ2) is 9.65. The van der Waals surface area contributed by atoms with Crippen molar-refractivity contribution in [3.63, 3.8) is 0 Å². The van der Waals surface area contributed by atoms with E-state index in [4.69, 9.17) is 4.99 Å². The zero-order valence-corrected chi connectivity index (χ0v) is 19.8. The van der Waals surface area contributed by atoms with Gasteiger partial charge in [-0.05, 0) is 62.6 Å². The zero-order valence-electron chi connectivity index (χ0n) is 19.0. The number of aromatic nitrogens is 3. The number of nitrogens with zero attached hydrogens (tertiary/aromatic N) is 4. The quantitative estimate of drug-likeness (QED) is 0.573. The molecular weight excluding hydrogens is 451 g/mol. The second-order valence-electron chi connectivity index (χ2n) is 8.13. The molecule has 1 aliphatic heterocycles. The number of halogens is 4. The van der Waals surface area contributed by atoms with Crippen LogP contribution < -0.4 is 10.8 Å².